The van der Waals surface area contributed by atoms with E-state index in [4.69, 9.17) is 0 Å². The van der Waals surface area contributed by atoms with Gasteiger partial charge < -0.3 is 15.3 Å². The van der Waals surface area contributed by atoms with Gasteiger partial charge in [0.2, 0.25) is 6.33 Å². The Labute approximate surface area is 197 Å². The number of aryl methyl sites for hydroxylation is 1. The van der Waals surface area contributed by atoms with E-state index in [1.165, 1.54) is 0 Å². The van der Waals surface area contributed by atoms with Crippen LogP contribution in [0.15, 0.2) is 18.7 Å². The van der Waals surface area contributed by atoms with Crippen LogP contribution in [0.25, 0.3) is 0 Å². The van der Waals surface area contributed by atoms with Crippen LogP contribution in [0, 0.1) is 0 Å². The molecule has 3 heterocycles. The summed E-state index contributed by atoms with van der Waals surface area (Å²) in [5, 5.41) is 52.8. The van der Waals surface area contributed by atoms with Crippen LogP contribution in [0.1, 0.15) is 13.3 Å². The summed E-state index contributed by atoms with van der Waals surface area (Å²) in [6.45, 7) is 8.80. The summed E-state index contributed by atoms with van der Waals surface area (Å²) < 4.78 is 3.26. The Bertz CT molecular complexity index is 718. The molecule has 0 aliphatic carbocycles. The summed E-state index contributed by atoms with van der Waals surface area (Å²) in [6, 6.07) is 0. The van der Waals surface area contributed by atoms with E-state index in [0.717, 1.165) is 32.6 Å². The highest BCUT2D eigenvalue weighted by atomic mass is 16.6. The summed E-state index contributed by atoms with van der Waals surface area (Å²) in [5.41, 5.74) is 0. The molecule has 2 aliphatic heterocycles. The van der Waals surface area contributed by atoms with E-state index in [9.17, 15) is 25.7 Å². The van der Waals surface area contributed by atoms with Crippen LogP contribution in [-0.2, 0) is 13.6 Å². The number of quaternary nitrogens is 2. The number of nitrogens with zero attached hydrogens (tertiary/aromatic N) is 6. The van der Waals surface area contributed by atoms with Crippen molar-refractivity contribution in [3.63, 3.8) is 0 Å². The first kappa shape index (κ1) is 26.5. The van der Waals surface area contributed by atoms with E-state index >= 15 is 0 Å². The molecule has 0 radical (unpaired) electrons. The number of aromatic nitrogens is 2. The number of hydroxylamine groups is 6. The summed E-state index contributed by atoms with van der Waals surface area (Å²) in [6.07, 6.45) is 4.80. The Balaban J connectivity index is 1.38. The zero-order chi connectivity index (χ0) is 24.1. The molecule has 11 heteroatoms. The third-order valence-corrected chi connectivity index (χ3v) is 7.09. The van der Waals surface area contributed by atoms with E-state index < -0.39 is 12.2 Å². The molecule has 2 fully saturated rings. The second-order valence-electron chi connectivity index (χ2n) is 10.2. The highest BCUT2D eigenvalue weighted by Gasteiger charge is 2.44. The summed E-state index contributed by atoms with van der Waals surface area (Å²) in [7, 11) is 1.92. The lowest BCUT2D eigenvalue weighted by Crippen LogP contribution is -2.67. The SMILES string of the molecule is CCC(O)CN1CCN(CC(O)C[N+]2(O)CC[N+](O)(CC(O)Cn3cc[n+](C)c3)CC2)CC1. The molecule has 3 atom stereocenters. The molecule has 190 valence electrons. The number of aliphatic hydroxyl groups is 3. The Morgan fingerprint density at radius 3 is 1.67 bits per heavy atom. The third kappa shape index (κ3) is 8.23. The number of hydrogen-bond acceptors (Lipinski definition) is 7. The zero-order valence-corrected chi connectivity index (χ0v) is 20.3. The number of hydrogen-bond donors (Lipinski definition) is 5. The summed E-state index contributed by atoms with van der Waals surface area (Å²) in [5.74, 6) is 0. The van der Waals surface area contributed by atoms with Crippen molar-refractivity contribution in [2.24, 2.45) is 7.05 Å². The van der Waals surface area contributed by atoms with E-state index in [1.807, 2.05) is 41.8 Å². The van der Waals surface area contributed by atoms with Crippen molar-refractivity contribution in [1.82, 2.24) is 14.4 Å². The maximum Gasteiger partial charge on any atom is 0.243 e. The molecule has 2 aliphatic rings. The van der Waals surface area contributed by atoms with Crippen LogP contribution in [0.5, 0.6) is 0 Å². The van der Waals surface area contributed by atoms with Crippen molar-refractivity contribution in [3.05, 3.63) is 18.7 Å². The topological polar surface area (TPSA) is 116 Å². The van der Waals surface area contributed by atoms with E-state index in [-0.39, 0.29) is 28.5 Å². The molecular weight excluding hydrogens is 428 g/mol. The minimum Gasteiger partial charge on any atom is -0.392 e. The molecule has 5 N–H and O–H groups in total. The predicted octanol–water partition coefficient (Wildman–Crippen LogP) is -2.15. The average Bonchev–Trinajstić information content (AvgIpc) is 3.16. The second-order valence-corrected chi connectivity index (χ2v) is 10.2. The van der Waals surface area contributed by atoms with Gasteiger partial charge in [-0.25, -0.2) is 19.5 Å². The minimum absolute atomic E-state index is 0.210. The summed E-state index contributed by atoms with van der Waals surface area (Å²) >= 11 is 0. The van der Waals surface area contributed by atoms with Gasteiger partial charge in [0.15, 0.2) is 26.2 Å². The van der Waals surface area contributed by atoms with Crippen molar-refractivity contribution in [2.75, 3.05) is 78.5 Å². The molecule has 11 nitrogen and oxygen atoms in total. The zero-order valence-electron chi connectivity index (χ0n) is 20.3. The number of piperazine rings is 2. The van der Waals surface area contributed by atoms with E-state index in [0.29, 0.717) is 45.8 Å². The average molecular weight is 474 g/mol. The van der Waals surface area contributed by atoms with Crippen LogP contribution in [0.4, 0.5) is 0 Å². The largest absolute Gasteiger partial charge is 0.392 e. The highest BCUT2D eigenvalue weighted by Crippen LogP contribution is 2.18. The molecule has 0 spiro atoms. The molecule has 2 saturated heterocycles. The van der Waals surface area contributed by atoms with Gasteiger partial charge in [0.1, 0.15) is 44.2 Å². The lowest BCUT2D eigenvalue weighted by Gasteiger charge is -2.42. The van der Waals surface area contributed by atoms with E-state index in [1.54, 1.807) is 0 Å². The quantitative estimate of drug-likeness (QED) is 0.184. The van der Waals surface area contributed by atoms with Gasteiger partial charge in [-0.05, 0) is 6.42 Å². The first-order valence-electron chi connectivity index (χ1n) is 12.3. The van der Waals surface area contributed by atoms with Gasteiger partial charge in [0.05, 0.1) is 13.2 Å². The van der Waals surface area contributed by atoms with Crippen LogP contribution in [0.3, 0.4) is 0 Å². The third-order valence-electron chi connectivity index (χ3n) is 7.09. The molecule has 1 aromatic rings. The molecule has 33 heavy (non-hydrogen) atoms. The fraction of sp³-hybridized carbons (Fsp3) is 0.864. The van der Waals surface area contributed by atoms with Gasteiger partial charge in [-0.1, -0.05) is 6.92 Å². The maximum absolute atomic E-state index is 11.0. The monoisotopic (exact) mass is 473 g/mol. The molecule has 0 bridgehead atoms. The Hall–Kier alpha value is -1.15. The van der Waals surface area contributed by atoms with Crippen molar-refractivity contribution >= 4 is 0 Å². The molecule has 0 aromatic carbocycles. The Morgan fingerprint density at radius 1 is 0.788 bits per heavy atom. The number of imidazole rings is 1. The fourth-order valence-corrected chi connectivity index (χ4v) is 4.97. The van der Waals surface area contributed by atoms with Crippen LogP contribution in [0.2, 0.25) is 0 Å². The van der Waals surface area contributed by atoms with Gasteiger partial charge in [-0.2, -0.15) is 9.29 Å². The number of aliphatic hydroxyl groups excluding tert-OH is 3. The van der Waals surface area contributed by atoms with Gasteiger partial charge >= 0.3 is 0 Å². The normalized spacial score (nSPS) is 30.3. The van der Waals surface area contributed by atoms with Crippen molar-refractivity contribution in [1.29, 1.82) is 0 Å². The molecule has 3 unspecified atom stereocenters. The van der Waals surface area contributed by atoms with Crippen LogP contribution >= 0.6 is 0 Å². The molecule has 0 amide bonds. The predicted molar refractivity (Wildman–Crippen MR) is 120 cm³/mol. The standard InChI is InChI=1S/C22H45N6O5/c1-3-20(29)14-24-6-8-25(9-7-24)15-21(30)17-27(32)10-12-28(33,13-11-27)18-22(31)16-26-5-4-23(2)19-26/h4-5,19-22,29-33H,3,6-18H2,1-2H3/q+3. The van der Waals surface area contributed by atoms with Crippen molar-refractivity contribution in [2.45, 2.75) is 38.2 Å². The van der Waals surface area contributed by atoms with Crippen LogP contribution < -0.4 is 4.57 Å². The summed E-state index contributed by atoms with van der Waals surface area (Å²) in [4.78, 5) is 4.46. The second kappa shape index (κ2) is 11.5. The van der Waals surface area contributed by atoms with Gasteiger partial charge in [0, 0.05) is 39.3 Å². The van der Waals surface area contributed by atoms with Crippen molar-refractivity contribution in [3.8, 4) is 0 Å². The molecule has 1 aromatic heterocycles. The Morgan fingerprint density at radius 2 is 1.24 bits per heavy atom. The number of rotatable bonds is 11. The Kier molecular flexibility index (Phi) is 9.23. The molecule has 0 saturated carbocycles. The fourth-order valence-electron chi connectivity index (χ4n) is 4.97. The lowest BCUT2D eigenvalue weighted by molar-refractivity contribution is -1.19. The van der Waals surface area contributed by atoms with Gasteiger partial charge in [-0.15, -0.1) is 0 Å². The van der Waals surface area contributed by atoms with Crippen LogP contribution in [-0.4, -0.2) is 146 Å². The van der Waals surface area contributed by atoms with E-state index in [2.05, 4.69) is 9.80 Å². The van der Waals surface area contributed by atoms with Gasteiger partial charge in [-0.3, -0.25) is 9.80 Å². The molecular formula is C22H45N6O5+3. The maximum atomic E-state index is 11.0. The minimum atomic E-state index is -0.691. The van der Waals surface area contributed by atoms with Crippen molar-refractivity contribution < 1.29 is 39.6 Å². The highest BCUT2D eigenvalue weighted by molar-refractivity contribution is 4.76. The number of β-amino-alcohol motifs (C(OH)–C–C–N with tert-alkyl or cyclic N) is 2. The first-order chi connectivity index (χ1) is 15.6. The van der Waals surface area contributed by atoms with Gasteiger partial charge in [0.25, 0.3) is 0 Å². The lowest BCUT2D eigenvalue weighted by atomic mass is 10.2. The first-order valence-corrected chi connectivity index (χ1v) is 12.3. The smallest absolute Gasteiger partial charge is 0.243 e. The molecule has 3 rings (SSSR count).